The summed E-state index contributed by atoms with van der Waals surface area (Å²) in [5.41, 5.74) is 1.61. The number of allylic oxidation sites excluding steroid dienone is 1. The highest BCUT2D eigenvalue weighted by atomic mass is 32.2. The third kappa shape index (κ3) is 5.53. The molecule has 0 spiro atoms. The van der Waals surface area contributed by atoms with Gasteiger partial charge >= 0.3 is 7.12 Å². The predicted molar refractivity (Wildman–Crippen MR) is 107 cm³/mol. The standard InChI is InChI=1S/C20H24BNO4S/c23-21(24)19-8-6-18(7-9-19)16-22-13-10-17(11-14-22)12-15-27(25,26)20-4-2-1-3-5-20/h1-9,12,15,17,23-24H,10-11,13-14,16H2/b15-12+. The molecule has 2 aromatic carbocycles. The van der Waals surface area contributed by atoms with Crippen molar-refractivity contribution in [1.82, 2.24) is 4.90 Å². The first-order chi connectivity index (χ1) is 12.9. The lowest BCUT2D eigenvalue weighted by Gasteiger charge is -2.30. The minimum absolute atomic E-state index is 0.270. The van der Waals surface area contributed by atoms with Crippen LogP contribution < -0.4 is 5.46 Å². The topological polar surface area (TPSA) is 77.8 Å². The molecular formula is C20H24BNO4S. The number of nitrogens with zero attached hydrogens (tertiary/aromatic N) is 1. The number of hydrogen-bond donors (Lipinski definition) is 2. The number of benzene rings is 2. The van der Waals surface area contributed by atoms with E-state index in [2.05, 4.69) is 4.90 Å². The molecule has 0 aromatic heterocycles. The zero-order chi connectivity index (χ0) is 19.3. The molecule has 7 heteroatoms. The van der Waals surface area contributed by atoms with E-state index >= 15 is 0 Å². The molecule has 1 heterocycles. The molecule has 0 bridgehead atoms. The summed E-state index contributed by atoms with van der Waals surface area (Å²) in [5.74, 6) is 0.270. The smallest absolute Gasteiger partial charge is 0.423 e. The van der Waals surface area contributed by atoms with E-state index in [-0.39, 0.29) is 5.92 Å². The van der Waals surface area contributed by atoms with E-state index in [0.717, 1.165) is 38.0 Å². The third-order valence-electron chi connectivity index (χ3n) is 4.92. The first-order valence-electron chi connectivity index (χ1n) is 9.10. The van der Waals surface area contributed by atoms with Crippen LogP contribution in [-0.4, -0.2) is 43.6 Å². The second kappa shape index (κ2) is 8.84. The molecule has 1 fully saturated rings. The fourth-order valence-electron chi connectivity index (χ4n) is 3.26. The molecular weight excluding hydrogens is 361 g/mol. The largest absolute Gasteiger partial charge is 0.488 e. The van der Waals surface area contributed by atoms with Crippen LogP contribution in [0.4, 0.5) is 0 Å². The van der Waals surface area contributed by atoms with Crippen LogP contribution in [0.3, 0.4) is 0 Å². The van der Waals surface area contributed by atoms with Crippen molar-refractivity contribution in [2.24, 2.45) is 5.92 Å². The second-order valence-corrected chi connectivity index (χ2v) is 8.75. The van der Waals surface area contributed by atoms with Crippen LogP contribution in [0.15, 0.2) is 71.0 Å². The van der Waals surface area contributed by atoms with Crippen molar-refractivity contribution in [2.75, 3.05) is 13.1 Å². The van der Waals surface area contributed by atoms with Gasteiger partial charge in [-0.2, -0.15) is 0 Å². The fraction of sp³-hybridized carbons (Fsp3) is 0.300. The normalized spacial score (nSPS) is 16.7. The number of likely N-dealkylation sites (tertiary alicyclic amines) is 1. The van der Waals surface area contributed by atoms with Gasteiger partial charge in [-0.15, -0.1) is 0 Å². The van der Waals surface area contributed by atoms with E-state index in [1.807, 2.05) is 18.2 Å². The second-order valence-electron chi connectivity index (χ2n) is 6.92. The zero-order valence-corrected chi connectivity index (χ0v) is 15.9. The van der Waals surface area contributed by atoms with Crippen LogP contribution in [0.25, 0.3) is 0 Å². The minimum atomic E-state index is -3.37. The molecule has 2 aromatic rings. The van der Waals surface area contributed by atoms with Crippen LogP contribution in [0.2, 0.25) is 0 Å². The van der Waals surface area contributed by atoms with Crippen molar-refractivity contribution in [3.05, 3.63) is 71.6 Å². The zero-order valence-electron chi connectivity index (χ0n) is 15.1. The van der Waals surface area contributed by atoms with E-state index in [4.69, 9.17) is 10.0 Å². The summed E-state index contributed by atoms with van der Waals surface area (Å²) in [5, 5.41) is 19.6. The Morgan fingerprint density at radius 3 is 2.22 bits per heavy atom. The average Bonchev–Trinajstić information content (AvgIpc) is 2.69. The molecule has 0 amide bonds. The predicted octanol–water partition coefficient (Wildman–Crippen LogP) is 1.57. The lowest BCUT2D eigenvalue weighted by atomic mass is 9.80. The summed E-state index contributed by atoms with van der Waals surface area (Å²) in [6.45, 7) is 2.62. The SMILES string of the molecule is O=S(=O)(/C=C/C1CCN(Cc2ccc(B(O)O)cc2)CC1)c1ccccc1. The van der Waals surface area contributed by atoms with Gasteiger partial charge in [-0.05, 0) is 55.0 Å². The van der Waals surface area contributed by atoms with Crippen molar-refractivity contribution in [3.63, 3.8) is 0 Å². The summed E-state index contributed by atoms with van der Waals surface area (Å²) >= 11 is 0. The third-order valence-corrected chi connectivity index (χ3v) is 6.36. The molecule has 0 unspecified atom stereocenters. The van der Waals surface area contributed by atoms with E-state index in [0.29, 0.717) is 10.4 Å². The number of sulfone groups is 1. The van der Waals surface area contributed by atoms with Gasteiger partial charge in [-0.1, -0.05) is 48.5 Å². The molecule has 5 nitrogen and oxygen atoms in total. The van der Waals surface area contributed by atoms with Gasteiger partial charge < -0.3 is 10.0 Å². The van der Waals surface area contributed by atoms with Gasteiger partial charge in [-0.25, -0.2) is 8.42 Å². The van der Waals surface area contributed by atoms with Crippen molar-refractivity contribution in [1.29, 1.82) is 0 Å². The Morgan fingerprint density at radius 1 is 1.00 bits per heavy atom. The summed E-state index contributed by atoms with van der Waals surface area (Å²) in [7, 11) is -4.80. The van der Waals surface area contributed by atoms with Crippen LogP contribution in [0.5, 0.6) is 0 Å². The van der Waals surface area contributed by atoms with Crippen LogP contribution in [-0.2, 0) is 16.4 Å². The Hall–Kier alpha value is -1.93. The van der Waals surface area contributed by atoms with Crippen LogP contribution >= 0.6 is 0 Å². The highest BCUT2D eigenvalue weighted by Crippen LogP contribution is 2.21. The molecule has 0 radical (unpaired) electrons. The van der Waals surface area contributed by atoms with Crippen molar-refractivity contribution in [3.8, 4) is 0 Å². The number of rotatable bonds is 6. The van der Waals surface area contributed by atoms with Gasteiger partial charge in [0, 0.05) is 12.0 Å². The number of piperidine rings is 1. The highest BCUT2D eigenvalue weighted by molar-refractivity contribution is 7.94. The minimum Gasteiger partial charge on any atom is -0.423 e. The molecule has 1 aliphatic rings. The molecule has 1 saturated heterocycles. The van der Waals surface area contributed by atoms with E-state index in [1.165, 1.54) is 5.41 Å². The van der Waals surface area contributed by atoms with E-state index in [9.17, 15) is 8.42 Å². The Bertz CT molecular complexity index is 859. The first kappa shape index (κ1) is 19.8. The average molecular weight is 385 g/mol. The van der Waals surface area contributed by atoms with E-state index < -0.39 is 17.0 Å². The number of hydrogen-bond acceptors (Lipinski definition) is 5. The Kier molecular flexibility index (Phi) is 6.49. The maximum atomic E-state index is 12.3. The van der Waals surface area contributed by atoms with E-state index in [1.54, 1.807) is 42.5 Å². The van der Waals surface area contributed by atoms with Gasteiger partial charge in [-0.3, -0.25) is 4.90 Å². The van der Waals surface area contributed by atoms with Gasteiger partial charge in [0.1, 0.15) is 0 Å². The summed E-state index contributed by atoms with van der Waals surface area (Å²) in [6, 6.07) is 15.8. The van der Waals surface area contributed by atoms with Gasteiger partial charge in [0.05, 0.1) is 4.90 Å². The van der Waals surface area contributed by atoms with Crippen LogP contribution in [0, 0.1) is 5.92 Å². The first-order valence-corrected chi connectivity index (χ1v) is 10.6. The van der Waals surface area contributed by atoms with Crippen molar-refractivity contribution >= 4 is 22.4 Å². The molecule has 142 valence electrons. The van der Waals surface area contributed by atoms with Gasteiger partial charge in [0.2, 0.25) is 0 Å². The summed E-state index contributed by atoms with van der Waals surface area (Å²) in [6.07, 6.45) is 3.68. The molecule has 3 rings (SSSR count). The van der Waals surface area contributed by atoms with Crippen molar-refractivity contribution < 1.29 is 18.5 Å². The van der Waals surface area contributed by atoms with Gasteiger partial charge in [0.15, 0.2) is 9.84 Å². The lowest BCUT2D eigenvalue weighted by molar-refractivity contribution is 0.196. The van der Waals surface area contributed by atoms with Crippen LogP contribution in [0.1, 0.15) is 18.4 Å². The maximum absolute atomic E-state index is 12.3. The lowest BCUT2D eigenvalue weighted by Crippen LogP contribution is -2.33. The maximum Gasteiger partial charge on any atom is 0.488 e. The quantitative estimate of drug-likeness (QED) is 0.739. The van der Waals surface area contributed by atoms with Crippen molar-refractivity contribution in [2.45, 2.75) is 24.3 Å². The molecule has 0 aliphatic carbocycles. The molecule has 27 heavy (non-hydrogen) atoms. The molecule has 0 saturated carbocycles. The molecule has 2 N–H and O–H groups in total. The monoisotopic (exact) mass is 385 g/mol. The Balaban J connectivity index is 1.51. The molecule has 0 atom stereocenters. The van der Waals surface area contributed by atoms with Gasteiger partial charge in [0.25, 0.3) is 0 Å². The fourth-order valence-corrected chi connectivity index (χ4v) is 4.38. The summed E-state index contributed by atoms with van der Waals surface area (Å²) in [4.78, 5) is 2.66. The Morgan fingerprint density at radius 2 is 1.63 bits per heavy atom. The summed E-state index contributed by atoms with van der Waals surface area (Å²) < 4.78 is 24.6. The highest BCUT2D eigenvalue weighted by Gasteiger charge is 2.19. The molecule has 1 aliphatic heterocycles. The Labute approximate surface area is 161 Å².